The zero-order chi connectivity index (χ0) is 28.5. The topological polar surface area (TPSA) is 117 Å². The molecule has 0 saturated carbocycles. The average molecular weight is 558 g/mol. The van der Waals surface area contributed by atoms with Gasteiger partial charge in [0.2, 0.25) is 5.95 Å². The third-order valence-corrected chi connectivity index (χ3v) is 6.89. The van der Waals surface area contributed by atoms with Gasteiger partial charge >= 0.3 is 5.97 Å². The number of halogens is 2. The van der Waals surface area contributed by atoms with Gasteiger partial charge in [-0.25, -0.2) is 28.8 Å². The molecular formula is C29H25F2N7O3. The zero-order valence-electron chi connectivity index (χ0n) is 22.3. The highest BCUT2D eigenvalue weighted by Crippen LogP contribution is 2.36. The lowest BCUT2D eigenvalue weighted by Gasteiger charge is -2.23. The number of carbonyl (C=O) groups excluding carboxylic acids is 1. The first kappa shape index (κ1) is 26.4. The van der Waals surface area contributed by atoms with Gasteiger partial charge in [-0.15, -0.1) is 0 Å². The summed E-state index contributed by atoms with van der Waals surface area (Å²) in [7, 11) is 1.26. The molecule has 0 amide bonds. The maximum absolute atomic E-state index is 14.4. The molecule has 1 N–H and O–H groups in total. The normalized spacial score (nSPS) is 15.2. The van der Waals surface area contributed by atoms with Crippen molar-refractivity contribution < 1.29 is 23.0 Å². The highest BCUT2D eigenvalue weighted by molar-refractivity contribution is 5.97. The predicted octanol–water partition coefficient (Wildman–Crippen LogP) is 5.77. The second-order valence-corrected chi connectivity index (χ2v) is 9.54. The largest absolute Gasteiger partial charge is 0.464 e. The second-order valence-electron chi connectivity index (χ2n) is 9.54. The van der Waals surface area contributed by atoms with E-state index in [1.54, 1.807) is 24.4 Å². The third kappa shape index (κ3) is 5.09. The van der Waals surface area contributed by atoms with Crippen LogP contribution in [0.1, 0.15) is 41.5 Å². The molecular weight excluding hydrogens is 532 g/mol. The number of methoxy groups -OCH3 is 1. The van der Waals surface area contributed by atoms with E-state index in [0.29, 0.717) is 17.9 Å². The van der Waals surface area contributed by atoms with Crippen molar-refractivity contribution >= 4 is 28.5 Å². The number of ether oxygens (including phenoxy) is 2. The molecule has 208 valence electrons. The highest BCUT2D eigenvalue weighted by atomic mass is 19.1. The minimum absolute atomic E-state index is 0.0109. The zero-order valence-corrected chi connectivity index (χ0v) is 22.3. The Kier molecular flexibility index (Phi) is 7.06. The summed E-state index contributed by atoms with van der Waals surface area (Å²) in [4.78, 5) is 29.8. The number of hydrogen-bond acceptors (Lipinski definition) is 9. The smallest absolute Gasteiger partial charge is 0.356 e. The fourth-order valence-electron chi connectivity index (χ4n) is 4.92. The van der Waals surface area contributed by atoms with Crippen LogP contribution in [0.15, 0.2) is 54.9 Å². The van der Waals surface area contributed by atoms with Crippen LogP contribution in [0.3, 0.4) is 0 Å². The Morgan fingerprint density at radius 3 is 2.78 bits per heavy atom. The fraction of sp³-hybridized carbons (Fsp3) is 0.241. The van der Waals surface area contributed by atoms with Gasteiger partial charge < -0.3 is 14.8 Å². The van der Waals surface area contributed by atoms with E-state index in [9.17, 15) is 13.6 Å². The molecule has 10 nitrogen and oxygen atoms in total. The molecule has 0 aliphatic carbocycles. The lowest BCUT2D eigenvalue weighted by atomic mass is 10.00. The number of aryl methyl sites for hydroxylation is 1. The maximum Gasteiger partial charge on any atom is 0.356 e. The van der Waals surface area contributed by atoms with E-state index in [-0.39, 0.29) is 29.4 Å². The number of nitrogens with zero attached hydrogens (tertiary/aromatic N) is 6. The van der Waals surface area contributed by atoms with Crippen LogP contribution < -0.4 is 5.32 Å². The number of aromatic nitrogens is 6. The van der Waals surface area contributed by atoms with Crippen LogP contribution in [0, 0.1) is 18.7 Å². The lowest BCUT2D eigenvalue weighted by molar-refractivity contribution is -0.0366. The number of benzene rings is 1. The monoisotopic (exact) mass is 557 g/mol. The van der Waals surface area contributed by atoms with Crippen molar-refractivity contribution in [1.82, 2.24) is 29.7 Å². The van der Waals surface area contributed by atoms with Crippen LogP contribution in [-0.2, 0) is 9.47 Å². The Bertz CT molecular complexity index is 1770. The minimum Gasteiger partial charge on any atom is -0.464 e. The van der Waals surface area contributed by atoms with Crippen LogP contribution >= 0.6 is 0 Å². The van der Waals surface area contributed by atoms with Gasteiger partial charge in [0.15, 0.2) is 29.4 Å². The van der Waals surface area contributed by atoms with Gasteiger partial charge in [-0.2, -0.15) is 14.5 Å². The summed E-state index contributed by atoms with van der Waals surface area (Å²) in [5.41, 5.74) is 3.33. The molecule has 1 aliphatic heterocycles. The van der Waals surface area contributed by atoms with E-state index in [2.05, 4.69) is 25.4 Å². The molecule has 41 heavy (non-hydrogen) atoms. The predicted molar refractivity (Wildman–Crippen MR) is 146 cm³/mol. The van der Waals surface area contributed by atoms with Crippen molar-refractivity contribution in [3.05, 3.63) is 77.9 Å². The molecule has 1 saturated heterocycles. The van der Waals surface area contributed by atoms with E-state index >= 15 is 0 Å². The Morgan fingerprint density at radius 2 is 1.98 bits per heavy atom. The van der Waals surface area contributed by atoms with Gasteiger partial charge in [0, 0.05) is 23.8 Å². The van der Waals surface area contributed by atoms with Gasteiger partial charge in [0.1, 0.15) is 5.82 Å². The molecule has 1 fully saturated rings. The number of rotatable bonds is 6. The molecule has 1 aliphatic rings. The van der Waals surface area contributed by atoms with E-state index in [4.69, 9.17) is 14.5 Å². The summed E-state index contributed by atoms with van der Waals surface area (Å²) in [5.74, 6) is -2.41. The first-order chi connectivity index (χ1) is 19.9. The standard InChI is InChI=1S/C29H25F2N7O3/c1-16-8-10-22-18(15-33-38(22)24-7-3-4-13-41-24)25(16)20-14-21(29(39)40-2)35-27(34-20)17-6-5-12-32-26(17)37-28-19(30)9-11-23(31)36-28/h5-6,8-12,14-15,24H,3-4,7,13H2,1-2H3,(H,32,36,37). The average Bonchev–Trinajstić information content (AvgIpc) is 3.43. The van der Waals surface area contributed by atoms with Crippen LogP contribution in [0.5, 0.6) is 0 Å². The fourth-order valence-corrected chi connectivity index (χ4v) is 4.92. The SMILES string of the molecule is COC(=O)c1cc(-c2c(C)ccc3c2cnn3C2CCCCO2)nc(-c2cccnc2Nc2nc(F)ccc2F)n1. The van der Waals surface area contributed by atoms with E-state index < -0.39 is 17.7 Å². The summed E-state index contributed by atoms with van der Waals surface area (Å²) < 4.78 is 41.0. The van der Waals surface area contributed by atoms with Crippen molar-refractivity contribution in [3.63, 3.8) is 0 Å². The minimum atomic E-state index is -0.861. The first-order valence-electron chi connectivity index (χ1n) is 13.0. The Labute approximate surface area is 233 Å². The van der Waals surface area contributed by atoms with E-state index in [0.717, 1.165) is 53.4 Å². The molecule has 5 aromatic rings. The summed E-state index contributed by atoms with van der Waals surface area (Å²) in [6, 6.07) is 10.7. The highest BCUT2D eigenvalue weighted by Gasteiger charge is 2.23. The summed E-state index contributed by atoms with van der Waals surface area (Å²) in [5, 5.41) is 8.19. The maximum atomic E-state index is 14.4. The van der Waals surface area contributed by atoms with E-state index in [1.165, 1.54) is 13.3 Å². The quantitative estimate of drug-likeness (QED) is 0.205. The van der Waals surface area contributed by atoms with Gasteiger partial charge in [-0.1, -0.05) is 6.07 Å². The van der Waals surface area contributed by atoms with Crippen LogP contribution in [0.4, 0.5) is 20.4 Å². The van der Waals surface area contributed by atoms with Gasteiger partial charge in [0.05, 0.1) is 30.1 Å². The summed E-state index contributed by atoms with van der Waals surface area (Å²) in [6.07, 6.45) is 6.02. The second kappa shape index (κ2) is 11.0. The van der Waals surface area contributed by atoms with Crippen molar-refractivity contribution in [2.45, 2.75) is 32.4 Å². The number of anilines is 2. The molecule has 0 radical (unpaired) electrons. The van der Waals surface area contributed by atoms with Crippen LogP contribution in [-0.4, -0.2) is 49.4 Å². The first-order valence-corrected chi connectivity index (χ1v) is 13.0. The van der Waals surface area contributed by atoms with Crippen molar-refractivity contribution in [2.24, 2.45) is 0 Å². The third-order valence-electron chi connectivity index (χ3n) is 6.89. The molecule has 1 atom stereocenters. The molecule has 4 aromatic heterocycles. The van der Waals surface area contributed by atoms with Crippen LogP contribution in [0.25, 0.3) is 33.5 Å². The summed E-state index contributed by atoms with van der Waals surface area (Å²) >= 11 is 0. The Balaban J connectivity index is 1.50. The van der Waals surface area contributed by atoms with Crippen molar-refractivity contribution in [1.29, 1.82) is 0 Å². The molecule has 6 rings (SSSR count). The van der Waals surface area contributed by atoms with Gasteiger partial charge in [-0.05, 0) is 68.1 Å². The lowest BCUT2D eigenvalue weighted by Crippen LogP contribution is -2.18. The number of nitrogens with one attached hydrogen (secondary N) is 1. The van der Waals surface area contributed by atoms with Crippen molar-refractivity contribution in [3.8, 4) is 22.6 Å². The number of hydrogen-bond donors (Lipinski definition) is 1. The molecule has 12 heteroatoms. The number of fused-ring (bicyclic) bond motifs is 1. The molecule has 0 bridgehead atoms. The van der Waals surface area contributed by atoms with E-state index in [1.807, 2.05) is 23.7 Å². The molecule has 1 aromatic carbocycles. The Morgan fingerprint density at radius 1 is 1.10 bits per heavy atom. The molecule has 0 spiro atoms. The molecule has 5 heterocycles. The summed E-state index contributed by atoms with van der Waals surface area (Å²) in [6.45, 7) is 2.62. The van der Waals surface area contributed by atoms with Gasteiger partial charge in [0.25, 0.3) is 0 Å². The number of esters is 1. The van der Waals surface area contributed by atoms with Gasteiger partial charge in [-0.3, -0.25) is 0 Å². The number of pyridine rings is 2. The number of carbonyl (C=O) groups is 1. The van der Waals surface area contributed by atoms with Crippen LogP contribution in [0.2, 0.25) is 0 Å². The molecule has 1 unspecified atom stereocenters. The Hall–Kier alpha value is -4.84. The van der Waals surface area contributed by atoms with Crippen molar-refractivity contribution in [2.75, 3.05) is 19.0 Å².